The number of fused-ring (bicyclic) bond motifs is 1. The van der Waals surface area contributed by atoms with Gasteiger partial charge in [0.2, 0.25) is 0 Å². The van der Waals surface area contributed by atoms with Crippen molar-refractivity contribution in [2.45, 2.75) is 6.42 Å². The van der Waals surface area contributed by atoms with Crippen LogP contribution in [-0.4, -0.2) is 5.78 Å². The van der Waals surface area contributed by atoms with Crippen LogP contribution in [0.1, 0.15) is 11.1 Å². The van der Waals surface area contributed by atoms with E-state index in [9.17, 15) is 4.79 Å². The summed E-state index contributed by atoms with van der Waals surface area (Å²) in [6.07, 6.45) is 4.03. The van der Waals surface area contributed by atoms with Crippen molar-refractivity contribution in [3.63, 3.8) is 0 Å². The number of halogens is 1. The lowest BCUT2D eigenvalue weighted by molar-refractivity contribution is -0.114. The molecule has 0 bridgehead atoms. The van der Waals surface area contributed by atoms with Crippen LogP contribution in [0.2, 0.25) is 0 Å². The van der Waals surface area contributed by atoms with E-state index in [0.717, 1.165) is 15.6 Å². The zero-order valence-electron chi connectivity index (χ0n) is 6.38. The third-order valence-corrected chi connectivity index (χ3v) is 2.64. The smallest absolute Gasteiger partial charge is 0.160 e. The minimum absolute atomic E-state index is 0.181. The summed E-state index contributed by atoms with van der Waals surface area (Å²) in [6.45, 7) is 0. The molecule has 0 aromatic heterocycles. The minimum atomic E-state index is 0.181. The monoisotopic (exact) mass is 222 g/mol. The molecule has 60 valence electrons. The lowest BCUT2D eigenvalue weighted by Crippen LogP contribution is -2.05. The third kappa shape index (κ3) is 1.23. The second kappa shape index (κ2) is 2.87. The molecular formula is C10H7BrO. The van der Waals surface area contributed by atoms with Crippen molar-refractivity contribution in [1.82, 2.24) is 0 Å². The third-order valence-electron chi connectivity index (χ3n) is 1.94. The SMILES string of the molecule is O=C1C=Cc2c(Br)cccc2C1. The molecule has 12 heavy (non-hydrogen) atoms. The Morgan fingerprint density at radius 2 is 2.08 bits per heavy atom. The molecule has 0 atom stereocenters. The zero-order chi connectivity index (χ0) is 8.55. The topological polar surface area (TPSA) is 17.1 Å². The van der Waals surface area contributed by atoms with Crippen molar-refractivity contribution < 1.29 is 4.79 Å². The molecule has 2 heteroatoms. The fourth-order valence-electron chi connectivity index (χ4n) is 1.35. The second-order valence-electron chi connectivity index (χ2n) is 2.79. The average molecular weight is 223 g/mol. The van der Waals surface area contributed by atoms with Crippen LogP contribution in [0.4, 0.5) is 0 Å². The van der Waals surface area contributed by atoms with Crippen molar-refractivity contribution in [2.75, 3.05) is 0 Å². The van der Waals surface area contributed by atoms with Crippen molar-refractivity contribution >= 4 is 27.8 Å². The average Bonchev–Trinajstić information content (AvgIpc) is 2.04. The first-order valence-electron chi connectivity index (χ1n) is 3.75. The van der Waals surface area contributed by atoms with E-state index >= 15 is 0 Å². The van der Waals surface area contributed by atoms with E-state index < -0.39 is 0 Å². The van der Waals surface area contributed by atoms with E-state index in [1.807, 2.05) is 24.3 Å². The molecule has 0 radical (unpaired) electrons. The van der Waals surface area contributed by atoms with Gasteiger partial charge in [0.25, 0.3) is 0 Å². The van der Waals surface area contributed by atoms with E-state index in [2.05, 4.69) is 15.9 Å². The van der Waals surface area contributed by atoms with Crippen molar-refractivity contribution in [1.29, 1.82) is 0 Å². The quantitative estimate of drug-likeness (QED) is 0.660. The Morgan fingerprint density at radius 1 is 1.25 bits per heavy atom. The Bertz CT molecular complexity index is 366. The van der Waals surface area contributed by atoms with Gasteiger partial charge in [-0.25, -0.2) is 0 Å². The van der Waals surface area contributed by atoms with Crippen molar-refractivity contribution in [2.24, 2.45) is 0 Å². The van der Waals surface area contributed by atoms with Gasteiger partial charge in [0.05, 0.1) is 0 Å². The first-order chi connectivity index (χ1) is 5.77. The van der Waals surface area contributed by atoms with Gasteiger partial charge in [-0.1, -0.05) is 34.1 Å². The molecular weight excluding hydrogens is 216 g/mol. The highest BCUT2D eigenvalue weighted by molar-refractivity contribution is 9.10. The van der Waals surface area contributed by atoms with Gasteiger partial charge in [-0.05, 0) is 23.3 Å². The molecule has 0 spiro atoms. The molecule has 1 aromatic carbocycles. The number of rotatable bonds is 0. The number of allylic oxidation sites excluding steroid dienone is 1. The molecule has 0 amide bonds. The molecule has 0 fully saturated rings. The molecule has 2 rings (SSSR count). The molecule has 1 aromatic rings. The Morgan fingerprint density at radius 3 is 2.92 bits per heavy atom. The molecule has 0 aliphatic heterocycles. The molecule has 1 aliphatic carbocycles. The minimum Gasteiger partial charge on any atom is -0.294 e. The summed E-state index contributed by atoms with van der Waals surface area (Å²) in [4.78, 5) is 11.0. The van der Waals surface area contributed by atoms with Crippen LogP contribution in [0.3, 0.4) is 0 Å². The van der Waals surface area contributed by atoms with Gasteiger partial charge in [-0.15, -0.1) is 0 Å². The summed E-state index contributed by atoms with van der Waals surface area (Å²) in [7, 11) is 0. The van der Waals surface area contributed by atoms with Gasteiger partial charge < -0.3 is 0 Å². The molecule has 0 heterocycles. The van der Waals surface area contributed by atoms with Gasteiger partial charge in [-0.2, -0.15) is 0 Å². The van der Waals surface area contributed by atoms with Crippen LogP contribution >= 0.6 is 15.9 Å². The molecule has 0 saturated carbocycles. The summed E-state index contributed by atoms with van der Waals surface area (Å²) >= 11 is 3.44. The van der Waals surface area contributed by atoms with E-state index in [0.29, 0.717) is 6.42 Å². The maximum Gasteiger partial charge on any atom is 0.160 e. The van der Waals surface area contributed by atoms with Crippen LogP contribution in [0.5, 0.6) is 0 Å². The lowest BCUT2D eigenvalue weighted by Gasteiger charge is -2.10. The van der Waals surface area contributed by atoms with Gasteiger partial charge in [0.15, 0.2) is 5.78 Å². The first kappa shape index (κ1) is 7.74. The molecule has 0 unspecified atom stereocenters. The summed E-state index contributed by atoms with van der Waals surface area (Å²) in [5.74, 6) is 0.181. The molecule has 0 saturated heterocycles. The van der Waals surface area contributed by atoms with Gasteiger partial charge in [0.1, 0.15) is 0 Å². The number of carbonyl (C=O) groups is 1. The normalized spacial score (nSPS) is 14.6. The van der Waals surface area contributed by atoms with E-state index in [1.165, 1.54) is 0 Å². The van der Waals surface area contributed by atoms with Crippen molar-refractivity contribution in [3.8, 4) is 0 Å². The van der Waals surface area contributed by atoms with E-state index in [-0.39, 0.29) is 5.78 Å². The van der Waals surface area contributed by atoms with Crippen molar-refractivity contribution in [3.05, 3.63) is 39.9 Å². The lowest BCUT2D eigenvalue weighted by atomic mass is 9.97. The summed E-state index contributed by atoms with van der Waals surface area (Å²) in [5, 5.41) is 0. The standard InChI is InChI=1S/C10H7BrO/c11-10-3-1-2-7-6-8(12)4-5-9(7)10/h1-5H,6H2. The predicted octanol–water partition coefficient (Wildman–Crippen LogP) is 2.59. The summed E-state index contributed by atoms with van der Waals surface area (Å²) in [6, 6.07) is 5.93. The summed E-state index contributed by atoms with van der Waals surface area (Å²) < 4.78 is 1.06. The number of hydrogen-bond acceptors (Lipinski definition) is 1. The van der Waals surface area contributed by atoms with E-state index in [4.69, 9.17) is 0 Å². The highest BCUT2D eigenvalue weighted by Crippen LogP contribution is 2.25. The molecule has 0 N–H and O–H groups in total. The number of hydrogen-bond donors (Lipinski definition) is 0. The Labute approximate surface area is 79.2 Å². The van der Waals surface area contributed by atoms with Gasteiger partial charge in [0, 0.05) is 10.9 Å². The van der Waals surface area contributed by atoms with Crippen LogP contribution in [0, 0.1) is 0 Å². The fraction of sp³-hybridized carbons (Fsp3) is 0.100. The highest BCUT2D eigenvalue weighted by atomic mass is 79.9. The van der Waals surface area contributed by atoms with Crippen LogP contribution < -0.4 is 0 Å². The Hall–Kier alpha value is -0.890. The predicted molar refractivity (Wildman–Crippen MR) is 51.9 cm³/mol. The van der Waals surface area contributed by atoms with Crippen LogP contribution in [0.15, 0.2) is 28.7 Å². The Balaban J connectivity index is 2.60. The maximum atomic E-state index is 11.0. The van der Waals surface area contributed by atoms with Gasteiger partial charge in [-0.3, -0.25) is 4.79 Å². The van der Waals surface area contributed by atoms with Crippen LogP contribution in [0.25, 0.3) is 6.08 Å². The van der Waals surface area contributed by atoms with E-state index in [1.54, 1.807) is 6.08 Å². The molecule has 1 nitrogen and oxygen atoms in total. The maximum absolute atomic E-state index is 11.0. The molecule has 1 aliphatic rings. The largest absolute Gasteiger partial charge is 0.294 e. The van der Waals surface area contributed by atoms with Crippen LogP contribution in [-0.2, 0) is 11.2 Å². The first-order valence-corrected chi connectivity index (χ1v) is 4.55. The number of ketones is 1. The fourth-order valence-corrected chi connectivity index (χ4v) is 1.88. The number of carbonyl (C=O) groups excluding carboxylic acids is 1. The second-order valence-corrected chi connectivity index (χ2v) is 3.64. The Kier molecular flexibility index (Phi) is 1.85. The zero-order valence-corrected chi connectivity index (χ0v) is 7.97. The van der Waals surface area contributed by atoms with Gasteiger partial charge >= 0.3 is 0 Å². The summed E-state index contributed by atoms with van der Waals surface area (Å²) in [5.41, 5.74) is 2.24. The number of benzene rings is 1. The highest BCUT2D eigenvalue weighted by Gasteiger charge is 2.11.